The molecule has 1 fully saturated rings. The van der Waals surface area contributed by atoms with Crippen LogP contribution in [0.15, 0.2) is 70.9 Å². The molecule has 8 nitrogen and oxygen atoms in total. The number of aliphatic hydroxyl groups is 1. The summed E-state index contributed by atoms with van der Waals surface area (Å²) in [5.74, 6) is 0.0312. The molecule has 5 rings (SSSR count). The van der Waals surface area contributed by atoms with Gasteiger partial charge in [-0.1, -0.05) is 0 Å². The highest BCUT2D eigenvalue weighted by Gasteiger charge is 2.48. The minimum absolute atomic E-state index is 0.0744. The molecule has 1 atom stereocenters. The van der Waals surface area contributed by atoms with Crippen LogP contribution in [-0.4, -0.2) is 30.7 Å². The molecule has 31 heavy (non-hydrogen) atoms. The van der Waals surface area contributed by atoms with Crippen LogP contribution in [0.3, 0.4) is 0 Å². The normalized spacial score (nSPS) is 19.1. The molecule has 0 saturated carbocycles. The van der Waals surface area contributed by atoms with E-state index in [1.165, 1.54) is 18.3 Å². The molecular weight excluding hydrogens is 402 g/mol. The third-order valence-electron chi connectivity index (χ3n) is 5.25. The highest BCUT2D eigenvalue weighted by Crippen LogP contribution is 2.43. The van der Waals surface area contributed by atoms with Gasteiger partial charge in [0, 0.05) is 11.3 Å². The van der Waals surface area contributed by atoms with Crippen molar-refractivity contribution < 1.29 is 33.3 Å². The van der Waals surface area contributed by atoms with Gasteiger partial charge < -0.3 is 23.7 Å². The van der Waals surface area contributed by atoms with E-state index < -0.39 is 17.7 Å². The fourth-order valence-corrected chi connectivity index (χ4v) is 3.76. The molecule has 2 aliphatic heterocycles. The Labute approximate surface area is 176 Å². The second kappa shape index (κ2) is 7.24. The van der Waals surface area contributed by atoms with Crippen LogP contribution < -0.4 is 19.1 Å². The highest BCUT2D eigenvalue weighted by molar-refractivity contribution is 6.51. The van der Waals surface area contributed by atoms with E-state index in [1.807, 2.05) is 0 Å². The Morgan fingerprint density at radius 3 is 2.55 bits per heavy atom. The number of nitrogens with zero attached hydrogens (tertiary/aromatic N) is 1. The average Bonchev–Trinajstić information content (AvgIpc) is 3.53. The molecule has 1 aromatic heterocycles. The van der Waals surface area contributed by atoms with Crippen LogP contribution in [0.5, 0.6) is 17.2 Å². The van der Waals surface area contributed by atoms with E-state index in [9.17, 15) is 14.7 Å². The first kappa shape index (κ1) is 18.8. The molecule has 0 radical (unpaired) electrons. The number of benzene rings is 2. The van der Waals surface area contributed by atoms with Gasteiger partial charge in [-0.15, -0.1) is 0 Å². The van der Waals surface area contributed by atoms with Crippen LogP contribution in [0, 0.1) is 0 Å². The lowest BCUT2D eigenvalue weighted by Crippen LogP contribution is -2.29. The van der Waals surface area contributed by atoms with Crippen molar-refractivity contribution in [3.05, 3.63) is 77.8 Å². The molecule has 1 N–H and O–H groups in total. The first-order valence-corrected chi connectivity index (χ1v) is 9.47. The Hall–Kier alpha value is -4.20. The summed E-state index contributed by atoms with van der Waals surface area (Å²) in [7, 11) is 1.54. The van der Waals surface area contributed by atoms with Gasteiger partial charge in [-0.3, -0.25) is 14.5 Å². The van der Waals surface area contributed by atoms with Crippen LogP contribution in [-0.2, 0) is 9.59 Å². The maximum atomic E-state index is 13.0. The largest absolute Gasteiger partial charge is 0.507 e. The van der Waals surface area contributed by atoms with Gasteiger partial charge in [0.25, 0.3) is 11.7 Å². The van der Waals surface area contributed by atoms with E-state index in [-0.39, 0.29) is 18.1 Å². The maximum absolute atomic E-state index is 13.0. The number of ketones is 1. The Balaban J connectivity index is 1.66. The van der Waals surface area contributed by atoms with Gasteiger partial charge in [0.15, 0.2) is 11.5 Å². The van der Waals surface area contributed by atoms with Crippen LogP contribution in [0.2, 0.25) is 0 Å². The number of rotatable bonds is 4. The van der Waals surface area contributed by atoms with Crippen molar-refractivity contribution in [2.45, 2.75) is 6.04 Å². The van der Waals surface area contributed by atoms with Crippen molar-refractivity contribution in [3.8, 4) is 17.2 Å². The second-order valence-electron chi connectivity index (χ2n) is 6.95. The van der Waals surface area contributed by atoms with E-state index in [0.29, 0.717) is 34.3 Å². The number of Topliss-reactive ketones (excluding diaryl/α,β-unsaturated/α-hetero) is 1. The van der Waals surface area contributed by atoms with E-state index >= 15 is 0 Å². The van der Waals surface area contributed by atoms with E-state index in [2.05, 4.69) is 0 Å². The molecule has 8 heteroatoms. The van der Waals surface area contributed by atoms with Crippen molar-refractivity contribution in [2.75, 3.05) is 18.8 Å². The van der Waals surface area contributed by atoms with Gasteiger partial charge in [0.05, 0.1) is 18.9 Å². The van der Waals surface area contributed by atoms with Crippen LogP contribution >= 0.6 is 0 Å². The summed E-state index contributed by atoms with van der Waals surface area (Å²) < 4.78 is 21.4. The van der Waals surface area contributed by atoms with Crippen LogP contribution in [0.4, 0.5) is 5.69 Å². The summed E-state index contributed by atoms with van der Waals surface area (Å²) in [6.45, 7) is 0.0772. The fraction of sp³-hybridized carbons (Fsp3) is 0.130. The maximum Gasteiger partial charge on any atom is 0.300 e. The van der Waals surface area contributed by atoms with Crippen molar-refractivity contribution in [2.24, 2.45) is 0 Å². The molecule has 1 amide bonds. The summed E-state index contributed by atoms with van der Waals surface area (Å²) in [4.78, 5) is 27.4. The standard InChI is InChI=1S/C23H17NO7/c1-28-15-7-5-14(6-8-15)24-20(17-3-2-10-29-17)19(22(26)23(24)27)21(25)13-4-9-16-18(11-13)31-12-30-16/h2-11,20,25H,12H2,1H3/b21-19-. The quantitative estimate of drug-likeness (QED) is 0.392. The number of furan rings is 1. The second-order valence-corrected chi connectivity index (χ2v) is 6.95. The zero-order valence-electron chi connectivity index (χ0n) is 16.4. The number of aliphatic hydroxyl groups excluding tert-OH is 1. The monoisotopic (exact) mass is 419 g/mol. The van der Waals surface area contributed by atoms with Crippen molar-refractivity contribution >= 4 is 23.1 Å². The van der Waals surface area contributed by atoms with Gasteiger partial charge in [0.2, 0.25) is 6.79 Å². The highest BCUT2D eigenvalue weighted by atomic mass is 16.7. The summed E-state index contributed by atoms with van der Waals surface area (Å²) in [5, 5.41) is 11.1. The molecule has 1 saturated heterocycles. The third kappa shape index (κ3) is 3.00. The number of carbonyl (C=O) groups is 2. The van der Waals surface area contributed by atoms with Gasteiger partial charge in [0.1, 0.15) is 23.3 Å². The summed E-state index contributed by atoms with van der Waals surface area (Å²) in [6.07, 6.45) is 1.45. The van der Waals surface area contributed by atoms with Gasteiger partial charge in [-0.25, -0.2) is 0 Å². The number of carbonyl (C=O) groups excluding carboxylic acids is 2. The predicted octanol–water partition coefficient (Wildman–Crippen LogP) is 3.64. The zero-order valence-corrected chi connectivity index (χ0v) is 16.4. The molecule has 0 spiro atoms. The Morgan fingerprint density at radius 1 is 1.06 bits per heavy atom. The number of ether oxygens (including phenoxy) is 3. The minimum Gasteiger partial charge on any atom is -0.507 e. The Bertz CT molecular complexity index is 1200. The summed E-state index contributed by atoms with van der Waals surface area (Å²) >= 11 is 0. The molecule has 1 unspecified atom stereocenters. The van der Waals surface area contributed by atoms with Crippen LogP contribution in [0.1, 0.15) is 17.4 Å². The number of anilines is 1. The lowest BCUT2D eigenvalue weighted by atomic mass is 9.99. The molecule has 2 aromatic carbocycles. The Kier molecular flexibility index (Phi) is 4.39. The molecule has 0 bridgehead atoms. The zero-order chi connectivity index (χ0) is 21.5. The topological polar surface area (TPSA) is 98.4 Å². The van der Waals surface area contributed by atoms with Crippen molar-refractivity contribution in [1.29, 1.82) is 0 Å². The smallest absolute Gasteiger partial charge is 0.300 e. The SMILES string of the molecule is COc1ccc(N2C(=O)C(=O)/C(=C(\O)c3ccc4c(c3)OCO4)C2c2ccco2)cc1. The molecule has 2 aliphatic rings. The predicted molar refractivity (Wildman–Crippen MR) is 109 cm³/mol. The third-order valence-corrected chi connectivity index (χ3v) is 5.25. The minimum atomic E-state index is -0.936. The molecule has 3 heterocycles. The van der Waals surface area contributed by atoms with Gasteiger partial charge in [-0.05, 0) is 54.6 Å². The van der Waals surface area contributed by atoms with Gasteiger partial charge in [-0.2, -0.15) is 0 Å². The number of hydrogen-bond donors (Lipinski definition) is 1. The average molecular weight is 419 g/mol. The van der Waals surface area contributed by atoms with Crippen molar-refractivity contribution in [1.82, 2.24) is 0 Å². The molecular formula is C23H17NO7. The number of hydrogen-bond acceptors (Lipinski definition) is 7. The first-order valence-electron chi connectivity index (χ1n) is 9.47. The molecule has 156 valence electrons. The molecule has 3 aromatic rings. The van der Waals surface area contributed by atoms with Crippen molar-refractivity contribution in [3.63, 3.8) is 0 Å². The summed E-state index contributed by atoms with van der Waals surface area (Å²) in [6, 6.07) is 13.9. The lowest BCUT2D eigenvalue weighted by Gasteiger charge is -2.23. The number of fused-ring (bicyclic) bond motifs is 1. The van der Waals surface area contributed by atoms with E-state index in [1.54, 1.807) is 54.6 Å². The van der Waals surface area contributed by atoms with Crippen LogP contribution in [0.25, 0.3) is 5.76 Å². The van der Waals surface area contributed by atoms with Gasteiger partial charge >= 0.3 is 0 Å². The van der Waals surface area contributed by atoms with E-state index in [0.717, 1.165) is 0 Å². The van der Waals surface area contributed by atoms with E-state index in [4.69, 9.17) is 18.6 Å². The first-order chi connectivity index (χ1) is 15.1. The molecule has 0 aliphatic carbocycles. The number of methoxy groups -OCH3 is 1. The lowest BCUT2D eigenvalue weighted by molar-refractivity contribution is -0.132. The number of amides is 1. The summed E-state index contributed by atoms with van der Waals surface area (Å²) in [5.41, 5.74) is 0.720. The fourth-order valence-electron chi connectivity index (χ4n) is 3.76. The Morgan fingerprint density at radius 2 is 1.84 bits per heavy atom.